The van der Waals surface area contributed by atoms with Crippen LogP contribution in [-0.2, 0) is 10.0 Å². The van der Waals surface area contributed by atoms with Crippen LogP contribution >= 0.6 is 0 Å². The average molecular weight is 519 g/mol. The average Bonchev–Trinajstić information content (AvgIpc) is 3.49. The first-order valence-electron chi connectivity index (χ1n) is 12.4. The predicted octanol–water partition coefficient (Wildman–Crippen LogP) is 4.95. The van der Waals surface area contributed by atoms with Gasteiger partial charge in [-0.2, -0.15) is 8.42 Å². The predicted molar refractivity (Wildman–Crippen MR) is 142 cm³/mol. The molecule has 1 aromatic carbocycles. The maximum Gasteiger partial charge on any atom is 0.281 e. The number of hydrogen-bond acceptors (Lipinski definition) is 7. The number of amides is 1. The van der Waals surface area contributed by atoms with Crippen LogP contribution in [0.4, 0.5) is 5.82 Å². The molecule has 3 aliphatic rings. The highest BCUT2D eigenvalue weighted by atomic mass is 32.2. The molecule has 3 aliphatic carbocycles. The Hall–Kier alpha value is -3.72. The zero-order valence-electron chi connectivity index (χ0n) is 20.9. The van der Waals surface area contributed by atoms with Crippen LogP contribution in [-0.4, -0.2) is 24.3 Å². The number of nitrogens with two attached hydrogens (primary N) is 1. The van der Waals surface area contributed by atoms with E-state index in [-0.39, 0.29) is 23.7 Å². The summed E-state index contributed by atoms with van der Waals surface area (Å²) >= 11 is 0. The second-order valence-corrected chi connectivity index (χ2v) is 12.1. The standard InChI is InChI=1S/C28H28N4O4S.H2/c1-15-11-16(2)25(17(3)12-15)36-27-19(26(33)32-37(34,35)24-6-4-5-23(29)31-24)8-10-22(30-27)20-14-28-13-18(28)7-9-21(20)28;/h4-6,8,10-12,14,18,21H,7,9,13H2,1-3H3,(H2,29,31)(H,32,33);1H. The van der Waals surface area contributed by atoms with E-state index >= 15 is 0 Å². The normalized spacial score (nSPS) is 23.4. The lowest BCUT2D eigenvalue weighted by atomic mass is 9.71. The van der Waals surface area contributed by atoms with Crippen molar-refractivity contribution in [2.75, 3.05) is 5.73 Å². The number of aromatic nitrogens is 2. The summed E-state index contributed by atoms with van der Waals surface area (Å²) in [6.45, 7) is 5.86. The van der Waals surface area contributed by atoms with Gasteiger partial charge < -0.3 is 10.5 Å². The van der Waals surface area contributed by atoms with Crippen molar-refractivity contribution in [2.45, 2.75) is 45.1 Å². The molecule has 0 aliphatic heterocycles. The number of pyridine rings is 2. The summed E-state index contributed by atoms with van der Waals surface area (Å²) in [5.74, 6) is 1.12. The number of ether oxygens (including phenoxy) is 1. The second kappa shape index (κ2) is 8.14. The van der Waals surface area contributed by atoms with Crippen LogP contribution in [0.5, 0.6) is 11.6 Å². The Balaban J connectivity index is 0.00000294. The number of rotatable bonds is 6. The quantitative estimate of drug-likeness (QED) is 0.473. The van der Waals surface area contributed by atoms with Crippen LogP contribution in [0.15, 0.2) is 53.6 Å². The van der Waals surface area contributed by atoms with Gasteiger partial charge in [0.2, 0.25) is 5.88 Å². The van der Waals surface area contributed by atoms with Gasteiger partial charge in [0.1, 0.15) is 17.1 Å². The van der Waals surface area contributed by atoms with Gasteiger partial charge >= 0.3 is 0 Å². The van der Waals surface area contributed by atoms with E-state index in [9.17, 15) is 13.2 Å². The van der Waals surface area contributed by atoms with Gasteiger partial charge in [-0.1, -0.05) is 29.8 Å². The minimum absolute atomic E-state index is 0. The van der Waals surface area contributed by atoms with E-state index < -0.39 is 15.9 Å². The third-order valence-corrected chi connectivity index (χ3v) is 9.14. The van der Waals surface area contributed by atoms with Gasteiger partial charge in [-0.15, -0.1) is 0 Å². The van der Waals surface area contributed by atoms with Gasteiger partial charge in [0, 0.05) is 1.43 Å². The van der Waals surface area contributed by atoms with E-state index in [0.29, 0.717) is 17.1 Å². The lowest BCUT2D eigenvalue weighted by Crippen LogP contribution is -2.32. The van der Waals surface area contributed by atoms with Crippen molar-refractivity contribution in [3.8, 4) is 11.6 Å². The third-order valence-electron chi connectivity index (χ3n) is 7.90. The summed E-state index contributed by atoms with van der Waals surface area (Å²) in [6.07, 6.45) is 5.98. The molecule has 2 saturated carbocycles. The van der Waals surface area contributed by atoms with Gasteiger partial charge in [-0.25, -0.2) is 14.7 Å². The summed E-state index contributed by atoms with van der Waals surface area (Å²) in [7, 11) is -4.26. The molecule has 0 radical (unpaired) electrons. The Morgan fingerprint density at radius 3 is 2.54 bits per heavy atom. The first kappa shape index (κ1) is 23.7. The summed E-state index contributed by atoms with van der Waals surface area (Å²) in [5, 5.41) is -0.344. The van der Waals surface area contributed by atoms with Gasteiger partial charge in [0.15, 0.2) is 5.03 Å². The highest BCUT2D eigenvalue weighted by Crippen LogP contribution is 2.76. The molecule has 2 aromatic heterocycles. The van der Waals surface area contributed by atoms with E-state index in [1.807, 2.05) is 32.9 Å². The number of sulfonamides is 1. The molecule has 3 aromatic rings. The fraction of sp³-hybridized carbons (Fsp3) is 0.321. The summed E-state index contributed by atoms with van der Waals surface area (Å²) < 4.78 is 34.1. The van der Waals surface area contributed by atoms with Crippen molar-refractivity contribution in [2.24, 2.45) is 17.3 Å². The third kappa shape index (κ3) is 3.89. The monoisotopic (exact) mass is 518 g/mol. The number of benzene rings is 1. The zero-order valence-corrected chi connectivity index (χ0v) is 21.7. The number of aryl methyl sites for hydroxylation is 3. The SMILES string of the molecule is Cc1cc(C)c(Oc2nc(C3=CC45CC4CCC35)ccc2C(=O)NS(=O)(=O)c2cccc(N)n2)c(C)c1.[HH]. The van der Waals surface area contributed by atoms with Gasteiger partial charge in [-0.3, -0.25) is 4.79 Å². The van der Waals surface area contributed by atoms with Gasteiger partial charge in [-0.05, 0) is 98.2 Å². The van der Waals surface area contributed by atoms with E-state index in [4.69, 9.17) is 15.5 Å². The molecule has 8 nitrogen and oxygen atoms in total. The summed E-state index contributed by atoms with van der Waals surface area (Å²) in [6, 6.07) is 11.5. The number of carbonyl (C=O) groups excluding carboxylic acids is 1. The van der Waals surface area contributed by atoms with Crippen LogP contribution < -0.4 is 15.2 Å². The molecule has 192 valence electrons. The fourth-order valence-corrected chi connectivity index (χ4v) is 7.10. The highest BCUT2D eigenvalue weighted by molar-refractivity contribution is 7.90. The molecule has 1 amide bonds. The Morgan fingerprint density at radius 2 is 1.86 bits per heavy atom. The number of allylic oxidation sites excluding steroid dienone is 2. The lowest BCUT2D eigenvalue weighted by Gasteiger charge is -2.34. The smallest absolute Gasteiger partial charge is 0.281 e. The van der Waals surface area contributed by atoms with Crippen molar-refractivity contribution in [3.63, 3.8) is 0 Å². The Bertz CT molecular complexity index is 1600. The number of nitrogen functional groups attached to an aromatic ring is 1. The molecule has 2 heterocycles. The molecule has 6 rings (SSSR count). The van der Waals surface area contributed by atoms with Crippen molar-refractivity contribution in [1.82, 2.24) is 14.7 Å². The van der Waals surface area contributed by atoms with E-state index in [2.05, 4.69) is 15.8 Å². The largest absolute Gasteiger partial charge is 0.438 e. The van der Waals surface area contributed by atoms with E-state index in [0.717, 1.165) is 34.7 Å². The molecule has 3 unspecified atom stereocenters. The number of anilines is 1. The Morgan fingerprint density at radius 1 is 1.11 bits per heavy atom. The van der Waals surface area contributed by atoms with Crippen LogP contribution in [0.1, 0.15) is 53.4 Å². The molecule has 2 fully saturated rings. The van der Waals surface area contributed by atoms with Crippen molar-refractivity contribution < 1.29 is 19.4 Å². The van der Waals surface area contributed by atoms with Crippen molar-refractivity contribution in [3.05, 3.63) is 76.5 Å². The maximum atomic E-state index is 13.3. The molecular formula is C28H30N4O4S. The first-order chi connectivity index (χ1) is 17.6. The summed E-state index contributed by atoms with van der Waals surface area (Å²) in [4.78, 5) is 21.9. The number of carbonyl (C=O) groups is 1. The van der Waals surface area contributed by atoms with E-state index in [1.54, 1.807) is 12.1 Å². The molecule has 1 spiro atoms. The zero-order chi connectivity index (χ0) is 26.1. The minimum atomic E-state index is -4.26. The molecular weight excluding hydrogens is 488 g/mol. The molecule has 3 atom stereocenters. The Kier molecular flexibility index (Phi) is 5.21. The van der Waals surface area contributed by atoms with Gasteiger partial charge in [0.05, 0.1) is 5.69 Å². The van der Waals surface area contributed by atoms with Crippen molar-refractivity contribution in [1.29, 1.82) is 0 Å². The lowest BCUT2D eigenvalue weighted by molar-refractivity contribution is 0.0978. The maximum absolute atomic E-state index is 13.3. The topological polar surface area (TPSA) is 124 Å². The molecule has 0 saturated heterocycles. The number of nitrogens with one attached hydrogen (secondary N) is 1. The molecule has 3 N–H and O–H groups in total. The number of hydrogen-bond donors (Lipinski definition) is 2. The van der Waals surface area contributed by atoms with Crippen LogP contribution in [0, 0.1) is 38.0 Å². The van der Waals surface area contributed by atoms with Gasteiger partial charge in [0.25, 0.3) is 15.9 Å². The van der Waals surface area contributed by atoms with E-state index in [1.165, 1.54) is 36.6 Å². The first-order valence-corrected chi connectivity index (χ1v) is 13.9. The molecule has 0 bridgehead atoms. The molecule has 37 heavy (non-hydrogen) atoms. The Labute approximate surface area is 217 Å². The van der Waals surface area contributed by atoms with Crippen LogP contribution in [0.2, 0.25) is 0 Å². The fourth-order valence-electron chi connectivity index (χ4n) is 6.16. The van der Waals surface area contributed by atoms with Crippen LogP contribution in [0.3, 0.4) is 0 Å². The highest BCUT2D eigenvalue weighted by Gasteiger charge is 2.67. The number of nitrogens with zero attached hydrogens (tertiary/aromatic N) is 2. The molecule has 9 heteroatoms. The second-order valence-electron chi connectivity index (χ2n) is 10.5. The minimum Gasteiger partial charge on any atom is -0.438 e. The van der Waals surface area contributed by atoms with Crippen molar-refractivity contribution >= 4 is 27.3 Å². The van der Waals surface area contributed by atoms with Crippen LogP contribution in [0.25, 0.3) is 5.57 Å². The summed E-state index contributed by atoms with van der Waals surface area (Å²) in [5.41, 5.74) is 10.8.